The SMILES string of the molecule is C[C@H]1C=C(C=O)C(CO)=C[C@@H]2CC(C)(C)C[C@@H]21. The van der Waals surface area contributed by atoms with E-state index >= 15 is 0 Å². The molecule has 2 heteroatoms. The number of fused-ring (bicyclic) bond motifs is 1. The molecule has 3 atom stereocenters. The number of aliphatic hydroxyl groups excluding tert-OH is 1. The number of rotatable bonds is 2. The van der Waals surface area contributed by atoms with Gasteiger partial charge in [0, 0.05) is 5.57 Å². The Morgan fingerprint density at radius 3 is 2.71 bits per heavy atom. The van der Waals surface area contributed by atoms with Crippen LogP contribution in [0.2, 0.25) is 0 Å². The summed E-state index contributed by atoms with van der Waals surface area (Å²) in [6.07, 6.45) is 7.43. The van der Waals surface area contributed by atoms with Crippen LogP contribution in [0, 0.1) is 23.2 Å². The molecule has 1 saturated carbocycles. The summed E-state index contributed by atoms with van der Waals surface area (Å²) in [7, 11) is 0. The summed E-state index contributed by atoms with van der Waals surface area (Å²) in [5.41, 5.74) is 1.89. The second-order valence-electron chi connectivity index (χ2n) is 6.35. The molecule has 2 aliphatic carbocycles. The number of aldehydes is 1. The third-order valence-corrected chi connectivity index (χ3v) is 4.33. The van der Waals surface area contributed by atoms with Gasteiger partial charge in [-0.25, -0.2) is 0 Å². The van der Waals surface area contributed by atoms with Gasteiger partial charge >= 0.3 is 0 Å². The molecule has 0 saturated heterocycles. The van der Waals surface area contributed by atoms with Crippen molar-refractivity contribution < 1.29 is 9.90 Å². The second kappa shape index (κ2) is 4.41. The number of carbonyl (C=O) groups excluding carboxylic acids is 1. The fraction of sp³-hybridized carbons (Fsp3) is 0.667. The first kappa shape index (κ1) is 12.6. The molecular formula is C15H22O2. The van der Waals surface area contributed by atoms with E-state index in [9.17, 15) is 9.90 Å². The number of hydrogen-bond acceptors (Lipinski definition) is 2. The molecule has 0 spiro atoms. The normalized spacial score (nSPS) is 35.6. The van der Waals surface area contributed by atoms with E-state index in [1.54, 1.807) is 0 Å². The minimum Gasteiger partial charge on any atom is -0.392 e. The Kier molecular flexibility index (Phi) is 3.26. The zero-order valence-electron chi connectivity index (χ0n) is 10.9. The van der Waals surface area contributed by atoms with Crippen molar-refractivity contribution in [3.8, 4) is 0 Å². The highest BCUT2D eigenvalue weighted by atomic mass is 16.3. The fourth-order valence-electron chi connectivity index (χ4n) is 3.55. The molecule has 0 aromatic heterocycles. The monoisotopic (exact) mass is 234 g/mol. The predicted molar refractivity (Wildman–Crippen MR) is 68.5 cm³/mol. The third kappa shape index (κ3) is 2.37. The van der Waals surface area contributed by atoms with Crippen molar-refractivity contribution in [3.63, 3.8) is 0 Å². The molecule has 0 aliphatic heterocycles. The van der Waals surface area contributed by atoms with Gasteiger partial charge in [0.1, 0.15) is 6.29 Å². The zero-order valence-corrected chi connectivity index (χ0v) is 10.9. The van der Waals surface area contributed by atoms with E-state index in [0.717, 1.165) is 18.3 Å². The second-order valence-corrected chi connectivity index (χ2v) is 6.35. The Bertz CT molecular complexity index is 376. The molecule has 2 rings (SSSR count). The van der Waals surface area contributed by atoms with Crippen LogP contribution in [0.15, 0.2) is 23.3 Å². The maximum absolute atomic E-state index is 11.1. The maximum atomic E-state index is 11.1. The highest BCUT2D eigenvalue weighted by Gasteiger charge is 2.41. The Morgan fingerprint density at radius 1 is 1.41 bits per heavy atom. The minimum atomic E-state index is -0.0268. The lowest BCUT2D eigenvalue weighted by Gasteiger charge is -2.20. The third-order valence-electron chi connectivity index (χ3n) is 4.33. The average Bonchev–Trinajstić information content (AvgIpc) is 2.52. The van der Waals surface area contributed by atoms with Crippen LogP contribution in [0.3, 0.4) is 0 Å². The van der Waals surface area contributed by atoms with Crippen LogP contribution in [0.25, 0.3) is 0 Å². The van der Waals surface area contributed by atoms with Crippen LogP contribution >= 0.6 is 0 Å². The molecule has 17 heavy (non-hydrogen) atoms. The van der Waals surface area contributed by atoms with E-state index in [0.29, 0.717) is 28.7 Å². The summed E-state index contributed by atoms with van der Waals surface area (Å²) < 4.78 is 0. The van der Waals surface area contributed by atoms with Crippen molar-refractivity contribution in [1.82, 2.24) is 0 Å². The predicted octanol–water partition coefficient (Wildman–Crippen LogP) is 2.73. The summed E-state index contributed by atoms with van der Waals surface area (Å²) in [4.78, 5) is 11.1. The standard InChI is InChI=1S/C15H22O2/c1-10-4-12(8-16)13(9-17)5-11-6-15(2,3)7-14(10)11/h4-5,8,10-11,14,17H,6-7,9H2,1-3H3/t10-,11+,14+/m0/s1. The first-order valence-electron chi connectivity index (χ1n) is 6.46. The van der Waals surface area contributed by atoms with Crippen LogP contribution in [-0.4, -0.2) is 18.0 Å². The van der Waals surface area contributed by atoms with E-state index in [1.807, 2.05) is 6.08 Å². The van der Waals surface area contributed by atoms with Crippen molar-refractivity contribution in [1.29, 1.82) is 0 Å². The largest absolute Gasteiger partial charge is 0.392 e. The first-order valence-corrected chi connectivity index (χ1v) is 6.46. The van der Waals surface area contributed by atoms with E-state index in [-0.39, 0.29) is 6.61 Å². The van der Waals surface area contributed by atoms with Crippen LogP contribution in [0.5, 0.6) is 0 Å². The van der Waals surface area contributed by atoms with E-state index in [1.165, 1.54) is 6.42 Å². The first-order chi connectivity index (χ1) is 7.96. The zero-order chi connectivity index (χ0) is 12.6. The lowest BCUT2D eigenvalue weighted by molar-refractivity contribution is -0.104. The molecule has 1 fully saturated rings. The van der Waals surface area contributed by atoms with Gasteiger partial charge < -0.3 is 5.11 Å². The molecule has 0 amide bonds. The highest BCUT2D eigenvalue weighted by molar-refractivity contribution is 5.80. The molecule has 0 unspecified atom stereocenters. The van der Waals surface area contributed by atoms with E-state index in [2.05, 4.69) is 26.8 Å². The van der Waals surface area contributed by atoms with E-state index < -0.39 is 0 Å². The minimum absolute atomic E-state index is 0.0268. The van der Waals surface area contributed by atoms with Gasteiger partial charge in [0.2, 0.25) is 0 Å². The van der Waals surface area contributed by atoms with Gasteiger partial charge in [-0.2, -0.15) is 0 Å². The smallest absolute Gasteiger partial charge is 0.150 e. The van der Waals surface area contributed by atoms with Gasteiger partial charge in [0.05, 0.1) is 6.61 Å². The molecule has 0 aromatic carbocycles. The summed E-state index contributed by atoms with van der Waals surface area (Å²) in [6, 6.07) is 0. The average molecular weight is 234 g/mol. The molecule has 1 N–H and O–H groups in total. The van der Waals surface area contributed by atoms with Gasteiger partial charge in [-0.05, 0) is 41.6 Å². The van der Waals surface area contributed by atoms with Crippen molar-refractivity contribution in [2.75, 3.05) is 6.61 Å². The summed E-state index contributed by atoms with van der Waals surface area (Å²) in [6.45, 7) is 6.79. The van der Waals surface area contributed by atoms with Gasteiger partial charge in [0.25, 0.3) is 0 Å². The Hall–Kier alpha value is -0.890. The van der Waals surface area contributed by atoms with Gasteiger partial charge in [0.15, 0.2) is 0 Å². The molecule has 0 bridgehead atoms. The number of aliphatic hydroxyl groups is 1. The highest BCUT2D eigenvalue weighted by Crippen LogP contribution is 2.50. The summed E-state index contributed by atoms with van der Waals surface area (Å²) >= 11 is 0. The molecular weight excluding hydrogens is 212 g/mol. The van der Waals surface area contributed by atoms with Crippen molar-refractivity contribution in [3.05, 3.63) is 23.3 Å². The summed E-state index contributed by atoms with van der Waals surface area (Å²) in [5.74, 6) is 1.54. The Morgan fingerprint density at radius 2 is 2.12 bits per heavy atom. The van der Waals surface area contributed by atoms with Crippen molar-refractivity contribution in [2.24, 2.45) is 23.2 Å². The Labute approximate surface area is 103 Å². The molecule has 2 nitrogen and oxygen atoms in total. The molecule has 94 valence electrons. The van der Waals surface area contributed by atoms with Gasteiger partial charge in [-0.15, -0.1) is 0 Å². The number of carbonyl (C=O) groups is 1. The van der Waals surface area contributed by atoms with Crippen LogP contribution < -0.4 is 0 Å². The van der Waals surface area contributed by atoms with Crippen LogP contribution in [-0.2, 0) is 4.79 Å². The number of hydrogen-bond donors (Lipinski definition) is 1. The maximum Gasteiger partial charge on any atom is 0.150 e. The molecule has 0 aromatic rings. The van der Waals surface area contributed by atoms with Gasteiger partial charge in [-0.1, -0.05) is 32.9 Å². The van der Waals surface area contributed by atoms with Crippen molar-refractivity contribution >= 4 is 6.29 Å². The molecule has 0 radical (unpaired) electrons. The van der Waals surface area contributed by atoms with Crippen LogP contribution in [0.1, 0.15) is 33.6 Å². The van der Waals surface area contributed by atoms with Gasteiger partial charge in [-0.3, -0.25) is 4.79 Å². The quantitative estimate of drug-likeness (QED) is 0.746. The topological polar surface area (TPSA) is 37.3 Å². The Balaban J connectivity index is 2.36. The lowest BCUT2D eigenvalue weighted by Crippen LogP contribution is -2.13. The van der Waals surface area contributed by atoms with E-state index in [4.69, 9.17) is 0 Å². The molecule has 2 aliphatic rings. The fourth-order valence-corrected chi connectivity index (χ4v) is 3.55. The lowest BCUT2D eigenvalue weighted by atomic mass is 9.84. The summed E-state index contributed by atoms with van der Waals surface area (Å²) in [5, 5.41) is 9.39. The van der Waals surface area contributed by atoms with Crippen LogP contribution in [0.4, 0.5) is 0 Å². The molecule has 0 heterocycles. The van der Waals surface area contributed by atoms with Crippen molar-refractivity contribution in [2.45, 2.75) is 33.6 Å². The number of allylic oxidation sites excluding steroid dienone is 2.